The van der Waals surface area contributed by atoms with Crippen LogP contribution in [-0.2, 0) is 6.61 Å². The molecule has 0 saturated carbocycles. The molecule has 0 aliphatic carbocycles. The molecular formula is C28H25N3O6S. The van der Waals surface area contributed by atoms with Gasteiger partial charge in [0.15, 0.2) is 28.8 Å². The number of rotatable bonds is 9. The van der Waals surface area contributed by atoms with Crippen LogP contribution in [-0.4, -0.2) is 43.0 Å². The fourth-order valence-corrected chi connectivity index (χ4v) is 4.85. The van der Waals surface area contributed by atoms with E-state index in [1.165, 1.54) is 37.2 Å². The fraction of sp³-hybridized carbons (Fsp3) is 0.179. The van der Waals surface area contributed by atoms with Crippen LogP contribution in [0.4, 0.5) is 0 Å². The summed E-state index contributed by atoms with van der Waals surface area (Å²) in [6.07, 6.45) is 1.78. The quantitative estimate of drug-likeness (QED) is 0.282. The number of hydrogen-bond acceptors (Lipinski definition) is 9. The van der Waals surface area contributed by atoms with Gasteiger partial charge in [-0.05, 0) is 41.5 Å². The average molecular weight is 532 g/mol. The summed E-state index contributed by atoms with van der Waals surface area (Å²) >= 11 is 1.25. The maximum atomic E-state index is 13.1. The van der Waals surface area contributed by atoms with Crippen molar-refractivity contribution in [3.05, 3.63) is 86.7 Å². The highest BCUT2D eigenvalue weighted by atomic mass is 32.1. The Morgan fingerprint density at radius 3 is 2.18 bits per heavy atom. The molecule has 2 aromatic heterocycles. The van der Waals surface area contributed by atoms with E-state index in [0.717, 1.165) is 11.1 Å². The molecule has 0 N–H and O–H groups in total. The van der Waals surface area contributed by atoms with Crippen molar-refractivity contribution in [2.45, 2.75) is 6.61 Å². The Balaban J connectivity index is 1.45. The molecule has 0 radical (unpaired) electrons. The smallest absolute Gasteiger partial charge is 0.291 e. The minimum Gasteiger partial charge on any atom is -0.493 e. The van der Waals surface area contributed by atoms with Crippen LogP contribution in [0.15, 0.2) is 65.5 Å². The lowest BCUT2D eigenvalue weighted by atomic mass is 10.1. The molecule has 0 fully saturated rings. The van der Waals surface area contributed by atoms with Gasteiger partial charge in [0.1, 0.15) is 6.61 Å². The number of fused-ring (bicyclic) bond motifs is 1. The monoisotopic (exact) mass is 531 g/mol. The maximum absolute atomic E-state index is 13.1. The van der Waals surface area contributed by atoms with Gasteiger partial charge in [-0.25, -0.2) is 0 Å². The molecule has 3 aromatic carbocycles. The van der Waals surface area contributed by atoms with E-state index in [-0.39, 0.29) is 5.56 Å². The van der Waals surface area contributed by atoms with Crippen LogP contribution in [0, 0.1) is 0 Å². The Bertz CT molecular complexity index is 1670. The van der Waals surface area contributed by atoms with Crippen molar-refractivity contribution in [2.24, 2.45) is 0 Å². The highest BCUT2D eigenvalue weighted by Gasteiger charge is 2.18. The third kappa shape index (κ3) is 4.85. The van der Waals surface area contributed by atoms with E-state index in [4.69, 9.17) is 23.7 Å². The Morgan fingerprint density at radius 2 is 1.55 bits per heavy atom. The maximum Gasteiger partial charge on any atom is 0.291 e. The zero-order valence-corrected chi connectivity index (χ0v) is 22.1. The molecule has 9 nitrogen and oxygen atoms in total. The Labute approximate surface area is 222 Å². The summed E-state index contributed by atoms with van der Waals surface area (Å²) in [5.41, 5.74) is 2.22. The van der Waals surface area contributed by atoms with Crippen LogP contribution < -0.4 is 33.8 Å². The minimum absolute atomic E-state index is 0.264. The highest BCUT2D eigenvalue weighted by molar-refractivity contribution is 7.15. The molecule has 0 amide bonds. The predicted octanol–water partition coefficient (Wildman–Crippen LogP) is 3.98. The van der Waals surface area contributed by atoms with Crippen LogP contribution in [0.5, 0.6) is 28.7 Å². The third-order valence-electron chi connectivity index (χ3n) is 5.83. The van der Waals surface area contributed by atoms with E-state index in [9.17, 15) is 4.79 Å². The van der Waals surface area contributed by atoms with E-state index < -0.39 is 0 Å². The highest BCUT2D eigenvalue weighted by Crippen LogP contribution is 2.40. The van der Waals surface area contributed by atoms with Gasteiger partial charge in [0.05, 0.1) is 33.0 Å². The number of thiazole rings is 1. The second kappa shape index (κ2) is 10.8. The van der Waals surface area contributed by atoms with Gasteiger partial charge in [0.25, 0.3) is 5.56 Å². The van der Waals surface area contributed by atoms with Crippen molar-refractivity contribution in [2.75, 3.05) is 28.4 Å². The number of methoxy groups -OCH3 is 4. The second-order valence-electron chi connectivity index (χ2n) is 8.14. The molecule has 0 aliphatic heterocycles. The van der Waals surface area contributed by atoms with Crippen molar-refractivity contribution >= 4 is 22.4 Å². The second-order valence-corrected chi connectivity index (χ2v) is 9.15. The van der Waals surface area contributed by atoms with E-state index in [2.05, 4.69) is 10.1 Å². The van der Waals surface area contributed by atoms with E-state index >= 15 is 0 Å². The molecule has 10 heteroatoms. The van der Waals surface area contributed by atoms with Gasteiger partial charge in [0.2, 0.25) is 10.7 Å². The van der Waals surface area contributed by atoms with E-state index in [0.29, 0.717) is 56.2 Å². The summed E-state index contributed by atoms with van der Waals surface area (Å²) in [7, 11) is 6.19. The zero-order valence-electron chi connectivity index (χ0n) is 21.3. The molecule has 0 spiro atoms. The summed E-state index contributed by atoms with van der Waals surface area (Å²) < 4.78 is 29.5. The number of aromatic nitrogens is 3. The molecule has 0 bridgehead atoms. The first-order valence-electron chi connectivity index (χ1n) is 11.6. The van der Waals surface area contributed by atoms with Gasteiger partial charge in [-0.2, -0.15) is 9.50 Å². The lowest BCUT2D eigenvalue weighted by Gasteiger charge is -2.12. The lowest BCUT2D eigenvalue weighted by Crippen LogP contribution is -2.23. The Hall–Kier alpha value is -4.57. The van der Waals surface area contributed by atoms with Crippen LogP contribution >= 0.6 is 11.3 Å². The Kier molecular flexibility index (Phi) is 7.14. The van der Waals surface area contributed by atoms with Crippen molar-refractivity contribution < 1.29 is 23.7 Å². The number of benzene rings is 3. The molecule has 194 valence electrons. The van der Waals surface area contributed by atoms with Crippen molar-refractivity contribution in [3.63, 3.8) is 0 Å². The first-order chi connectivity index (χ1) is 18.5. The molecule has 0 unspecified atom stereocenters. The van der Waals surface area contributed by atoms with E-state index in [1.807, 2.05) is 48.5 Å². The van der Waals surface area contributed by atoms with Gasteiger partial charge in [-0.15, -0.1) is 5.10 Å². The Morgan fingerprint density at radius 1 is 0.842 bits per heavy atom. The first-order valence-corrected chi connectivity index (χ1v) is 12.4. The zero-order chi connectivity index (χ0) is 26.6. The molecular weight excluding hydrogens is 506 g/mol. The van der Waals surface area contributed by atoms with Crippen molar-refractivity contribution in [1.29, 1.82) is 0 Å². The largest absolute Gasteiger partial charge is 0.493 e. The summed E-state index contributed by atoms with van der Waals surface area (Å²) in [6, 6.07) is 18.9. The van der Waals surface area contributed by atoms with Gasteiger partial charge < -0.3 is 23.7 Å². The molecule has 5 aromatic rings. The van der Waals surface area contributed by atoms with E-state index in [1.54, 1.807) is 25.3 Å². The van der Waals surface area contributed by atoms with Crippen LogP contribution in [0.3, 0.4) is 0 Å². The normalized spacial score (nSPS) is 11.5. The number of nitrogens with zero attached hydrogens (tertiary/aromatic N) is 3. The van der Waals surface area contributed by atoms with Crippen LogP contribution in [0.2, 0.25) is 0 Å². The van der Waals surface area contributed by atoms with Crippen molar-refractivity contribution in [1.82, 2.24) is 14.6 Å². The fourth-order valence-electron chi connectivity index (χ4n) is 3.95. The van der Waals surface area contributed by atoms with Crippen LogP contribution in [0.1, 0.15) is 11.1 Å². The average Bonchev–Trinajstić information content (AvgIpc) is 3.50. The minimum atomic E-state index is -0.264. The molecule has 0 atom stereocenters. The number of hydrogen-bond donors (Lipinski definition) is 0. The SMILES string of the molecule is COc1cc(/C=c2\sc3nc(-c4cc(OC)c(OC)c(OC)c4)nn3c2=O)ccc1OCc1ccccc1. The van der Waals surface area contributed by atoms with Crippen molar-refractivity contribution in [3.8, 4) is 40.1 Å². The van der Waals surface area contributed by atoms with Gasteiger partial charge >= 0.3 is 0 Å². The topological polar surface area (TPSA) is 93.4 Å². The first kappa shape index (κ1) is 25.1. The van der Waals surface area contributed by atoms with Crippen LogP contribution in [0.25, 0.3) is 22.4 Å². The summed E-state index contributed by atoms with van der Waals surface area (Å²) in [5.74, 6) is 2.98. The van der Waals surface area contributed by atoms with Gasteiger partial charge in [0, 0.05) is 5.56 Å². The summed E-state index contributed by atoms with van der Waals surface area (Å²) in [6.45, 7) is 0.424. The molecule has 0 saturated heterocycles. The lowest BCUT2D eigenvalue weighted by molar-refractivity contribution is 0.284. The molecule has 0 aliphatic rings. The predicted molar refractivity (Wildman–Crippen MR) is 145 cm³/mol. The molecule has 5 rings (SSSR count). The summed E-state index contributed by atoms with van der Waals surface area (Å²) in [4.78, 5) is 18.2. The standard InChI is InChI=1S/C28H25N3O6S/c1-33-21-12-18(10-11-20(21)37-16-17-8-6-5-7-9-17)13-24-27(32)31-28(38-24)29-26(30-31)19-14-22(34-2)25(36-4)23(15-19)35-3/h5-15H,16H2,1-4H3/b24-13-. The molecule has 2 heterocycles. The van der Waals surface area contributed by atoms with Gasteiger partial charge in [-0.1, -0.05) is 47.7 Å². The third-order valence-corrected chi connectivity index (χ3v) is 6.79. The summed E-state index contributed by atoms with van der Waals surface area (Å²) in [5, 5.41) is 4.44. The van der Waals surface area contributed by atoms with Gasteiger partial charge in [-0.3, -0.25) is 4.79 Å². The molecule has 38 heavy (non-hydrogen) atoms. The number of ether oxygens (including phenoxy) is 5.